The molecule has 0 saturated heterocycles. The van der Waals surface area contributed by atoms with Crippen molar-refractivity contribution in [3.63, 3.8) is 0 Å². The van der Waals surface area contributed by atoms with E-state index in [0.29, 0.717) is 0 Å². The predicted octanol–water partition coefficient (Wildman–Crippen LogP) is 0.745. The molecule has 1 aromatic carbocycles. The minimum atomic E-state index is -0.927. The number of hydrogen-bond donors (Lipinski definition) is 1. The van der Waals surface area contributed by atoms with Crippen LogP contribution in [0.15, 0.2) is 12.1 Å². The molecular weight excluding hydrogens is 228 g/mol. The Balaban J connectivity index is 3.59. The van der Waals surface area contributed by atoms with E-state index in [1.807, 2.05) is 0 Å². The topological polar surface area (TPSA) is 113 Å². The zero-order chi connectivity index (χ0) is 13.0. The van der Waals surface area contributed by atoms with Crippen molar-refractivity contribution in [3.8, 4) is 6.07 Å². The third kappa shape index (κ3) is 2.38. The molecule has 0 spiro atoms. The van der Waals surface area contributed by atoms with Gasteiger partial charge < -0.3 is 9.84 Å². The van der Waals surface area contributed by atoms with Gasteiger partial charge in [0.15, 0.2) is 0 Å². The number of esters is 1. The largest absolute Gasteiger partial charge is 0.465 e. The normalized spacial score (nSPS) is 9.47. The average Bonchev–Trinajstić information content (AvgIpc) is 2.35. The SMILES string of the molecule is COC(=O)c1cc(C#N)cc(CO)c1[N+](=O)[O-]. The molecule has 0 saturated carbocycles. The minimum Gasteiger partial charge on any atom is -0.465 e. The first-order valence-electron chi connectivity index (χ1n) is 4.45. The summed E-state index contributed by atoms with van der Waals surface area (Å²) in [5.74, 6) is -0.927. The first kappa shape index (κ1) is 12.6. The highest BCUT2D eigenvalue weighted by Crippen LogP contribution is 2.26. The van der Waals surface area contributed by atoms with Gasteiger partial charge in [0.05, 0.1) is 35.8 Å². The van der Waals surface area contributed by atoms with Crippen molar-refractivity contribution in [3.05, 3.63) is 38.9 Å². The van der Waals surface area contributed by atoms with E-state index in [1.54, 1.807) is 6.07 Å². The van der Waals surface area contributed by atoms with Gasteiger partial charge in [-0.25, -0.2) is 4.79 Å². The number of benzene rings is 1. The van der Waals surface area contributed by atoms with Crippen LogP contribution in [-0.4, -0.2) is 23.1 Å². The molecule has 0 unspecified atom stereocenters. The molecule has 0 aliphatic heterocycles. The Morgan fingerprint density at radius 2 is 2.29 bits per heavy atom. The van der Waals surface area contributed by atoms with Crippen molar-refractivity contribution in [2.24, 2.45) is 0 Å². The molecule has 0 aliphatic rings. The lowest BCUT2D eigenvalue weighted by atomic mass is 10.0. The summed E-state index contributed by atoms with van der Waals surface area (Å²) in [6.45, 7) is -0.643. The van der Waals surface area contributed by atoms with Crippen molar-refractivity contribution >= 4 is 11.7 Å². The number of aliphatic hydroxyl groups is 1. The molecule has 7 nitrogen and oxygen atoms in total. The first-order chi connectivity index (χ1) is 8.04. The van der Waals surface area contributed by atoms with Crippen LogP contribution in [0.4, 0.5) is 5.69 Å². The van der Waals surface area contributed by atoms with Gasteiger partial charge in [-0.15, -0.1) is 0 Å². The number of rotatable bonds is 3. The molecule has 88 valence electrons. The molecule has 7 heteroatoms. The second-order valence-electron chi connectivity index (χ2n) is 3.05. The fraction of sp³-hybridized carbons (Fsp3) is 0.200. The van der Waals surface area contributed by atoms with Crippen LogP contribution >= 0.6 is 0 Å². The number of methoxy groups -OCH3 is 1. The Morgan fingerprint density at radius 1 is 1.65 bits per heavy atom. The molecule has 0 amide bonds. The first-order valence-corrected chi connectivity index (χ1v) is 4.45. The number of hydrogen-bond acceptors (Lipinski definition) is 6. The molecule has 0 aliphatic carbocycles. The van der Waals surface area contributed by atoms with Crippen LogP contribution in [0.1, 0.15) is 21.5 Å². The van der Waals surface area contributed by atoms with E-state index in [4.69, 9.17) is 10.4 Å². The standard InChI is InChI=1S/C10H8N2O5/c1-17-10(14)8-3-6(4-11)2-7(5-13)9(8)12(15)16/h2-3,13H,5H2,1H3. The number of carbonyl (C=O) groups is 1. The van der Waals surface area contributed by atoms with Gasteiger partial charge in [-0.05, 0) is 12.1 Å². The number of nitriles is 1. The van der Waals surface area contributed by atoms with Crippen molar-refractivity contribution in [2.45, 2.75) is 6.61 Å². The van der Waals surface area contributed by atoms with Crippen LogP contribution in [0, 0.1) is 21.4 Å². The van der Waals surface area contributed by atoms with Crippen LogP contribution in [0.5, 0.6) is 0 Å². The number of nitrogens with zero attached hydrogens (tertiary/aromatic N) is 2. The summed E-state index contributed by atoms with van der Waals surface area (Å²) >= 11 is 0. The monoisotopic (exact) mass is 236 g/mol. The van der Waals surface area contributed by atoms with Crippen LogP contribution < -0.4 is 0 Å². The van der Waals surface area contributed by atoms with Crippen molar-refractivity contribution < 1.29 is 19.6 Å². The molecule has 1 aromatic rings. The van der Waals surface area contributed by atoms with Crippen molar-refractivity contribution in [1.82, 2.24) is 0 Å². The maximum Gasteiger partial charge on any atom is 0.344 e. The highest BCUT2D eigenvalue weighted by molar-refractivity contribution is 5.95. The Hall–Kier alpha value is -2.46. The summed E-state index contributed by atoms with van der Waals surface area (Å²) in [6, 6.07) is 3.96. The number of aliphatic hydroxyl groups excluding tert-OH is 1. The van der Waals surface area contributed by atoms with Gasteiger partial charge in [0.1, 0.15) is 5.56 Å². The summed E-state index contributed by atoms with van der Waals surface area (Å²) in [6.07, 6.45) is 0. The lowest BCUT2D eigenvalue weighted by molar-refractivity contribution is -0.386. The second-order valence-corrected chi connectivity index (χ2v) is 3.05. The highest BCUT2D eigenvalue weighted by atomic mass is 16.6. The Labute approximate surface area is 96.0 Å². The maximum atomic E-state index is 11.4. The quantitative estimate of drug-likeness (QED) is 0.470. The van der Waals surface area contributed by atoms with Gasteiger partial charge in [0, 0.05) is 0 Å². The second kappa shape index (κ2) is 5.05. The molecule has 1 N–H and O–H groups in total. The van der Waals surface area contributed by atoms with Crippen LogP contribution in [0.2, 0.25) is 0 Å². The van der Waals surface area contributed by atoms with Gasteiger partial charge in [-0.3, -0.25) is 10.1 Å². The molecular formula is C10H8N2O5. The van der Waals surface area contributed by atoms with Crippen LogP contribution in [-0.2, 0) is 11.3 Å². The van der Waals surface area contributed by atoms with E-state index in [0.717, 1.165) is 19.2 Å². The van der Waals surface area contributed by atoms with E-state index in [9.17, 15) is 14.9 Å². The average molecular weight is 236 g/mol. The molecule has 0 radical (unpaired) electrons. The van der Waals surface area contributed by atoms with Gasteiger partial charge in [0.25, 0.3) is 5.69 Å². The summed E-state index contributed by atoms with van der Waals surface area (Å²) in [5, 5.41) is 28.5. The third-order valence-corrected chi connectivity index (χ3v) is 2.08. The lowest BCUT2D eigenvalue weighted by Gasteiger charge is -2.05. The van der Waals surface area contributed by atoms with Gasteiger partial charge in [0.2, 0.25) is 0 Å². The summed E-state index contributed by atoms with van der Waals surface area (Å²) in [5.41, 5.74) is -0.951. The highest BCUT2D eigenvalue weighted by Gasteiger charge is 2.26. The predicted molar refractivity (Wildman–Crippen MR) is 55.1 cm³/mol. The molecule has 1 rings (SSSR count). The Kier molecular flexibility index (Phi) is 3.74. The number of carbonyl (C=O) groups excluding carboxylic acids is 1. The molecule has 0 atom stereocenters. The van der Waals surface area contributed by atoms with Crippen molar-refractivity contribution in [1.29, 1.82) is 5.26 Å². The summed E-state index contributed by atoms with van der Waals surface area (Å²) < 4.78 is 4.39. The van der Waals surface area contributed by atoms with Gasteiger partial charge in [-0.1, -0.05) is 0 Å². The minimum absolute atomic E-state index is 0.0417. The Bertz CT molecular complexity index is 518. The zero-order valence-electron chi connectivity index (χ0n) is 8.84. The summed E-state index contributed by atoms with van der Waals surface area (Å²) in [4.78, 5) is 21.4. The summed E-state index contributed by atoms with van der Waals surface area (Å²) in [7, 11) is 1.07. The number of ether oxygens (including phenoxy) is 1. The van der Waals surface area contributed by atoms with E-state index in [1.165, 1.54) is 0 Å². The molecule has 17 heavy (non-hydrogen) atoms. The molecule has 0 heterocycles. The van der Waals surface area contributed by atoms with E-state index >= 15 is 0 Å². The maximum absolute atomic E-state index is 11.4. The van der Waals surface area contributed by atoms with Crippen LogP contribution in [0.25, 0.3) is 0 Å². The Morgan fingerprint density at radius 3 is 2.71 bits per heavy atom. The molecule has 0 bridgehead atoms. The lowest BCUT2D eigenvalue weighted by Crippen LogP contribution is -2.09. The molecule has 0 aromatic heterocycles. The van der Waals surface area contributed by atoms with Gasteiger partial charge >= 0.3 is 5.97 Å². The van der Waals surface area contributed by atoms with E-state index in [2.05, 4.69) is 4.74 Å². The molecule has 0 fully saturated rings. The smallest absolute Gasteiger partial charge is 0.344 e. The third-order valence-electron chi connectivity index (χ3n) is 2.08. The van der Waals surface area contributed by atoms with E-state index in [-0.39, 0.29) is 16.7 Å². The van der Waals surface area contributed by atoms with Crippen LogP contribution in [0.3, 0.4) is 0 Å². The van der Waals surface area contributed by atoms with Gasteiger partial charge in [-0.2, -0.15) is 5.26 Å². The fourth-order valence-corrected chi connectivity index (χ4v) is 1.36. The number of nitro benzene ring substituents is 1. The van der Waals surface area contributed by atoms with E-state index < -0.39 is 23.2 Å². The van der Waals surface area contributed by atoms with Crippen molar-refractivity contribution in [2.75, 3.05) is 7.11 Å². The fourth-order valence-electron chi connectivity index (χ4n) is 1.36. The zero-order valence-corrected chi connectivity index (χ0v) is 8.84. The number of nitro groups is 1.